The van der Waals surface area contributed by atoms with E-state index in [-0.39, 0.29) is 40.1 Å². The molecule has 0 aromatic heterocycles. The molecule has 0 aromatic carbocycles. The number of fused-ring (bicyclic) bond motifs is 5. The minimum atomic E-state index is -1.51. The average Bonchev–Trinajstić information content (AvgIpc) is 3.32. The maximum Gasteiger partial charge on any atom is 0.186 e. The van der Waals surface area contributed by atoms with E-state index in [9.17, 15) is 30.6 Å². The van der Waals surface area contributed by atoms with Crippen LogP contribution >= 0.6 is 0 Å². The molecule has 5 fully saturated rings. The smallest absolute Gasteiger partial charge is 0.186 e. The number of hydrogen-bond acceptors (Lipinski definition) is 8. The van der Waals surface area contributed by atoms with Gasteiger partial charge in [0.2, 0.25) is 0 Å². The predicted octanol–water partition coefficient (Wildman–Crippen LogP) is 4.26. The van der Waals surface area contributed by atoms with Gasteiger partial charge in [0.15, 0.2) is 6.29 Å². The van der Waals surface area contributed by atoms with Gasteiger partial charge in [-0.15, -0.1) is 0 Å². The van der Waals surface area contributed by atoms with Crippen molar-refractivity contribution in [2.45, 2.75) is 162 Å². The molecule has 44 heavy (non-hydrogen) atoms. The minimum Gasteiger partial charge on any atom is -0.394 e. The number of aliphatic hydroxyl groups is 6. The van der Waals surface area contributed by atoms with Gasteiger partial charge in [-0.1, -0.05) is 74.7 Å². The molecule has 5 aliphatic rings. The Kier molecular flexibility index (Phi) is 9.77. The van der Waals surface area contributed by atoms with E-state index < -0.39 is 54.9 Å². The molecule has 8 nitrogen and oxygen atoms in total. The first-order valence-corrected chi connectivity index (χ1v) is 17.8. The summed E-state index contributed by atoms with van der Waals surface area (Å²) in [5.41, 5.74) is -1.04. The van der Waals surface area contributed by atoms with Gasteiger partial charge in [0.1, 0.15) is 24.4 Å². The van der Waals surface area contributed by atoms with E-state index in [1.54, 1.807) is 0 Å². The van der Waals surface area contributed by atoms with Crippen LogP contribution in [0.2, 0.25) is 0 Å². The Morgan fingerprint density at radius 1 is 0.841 bits per heavy atom. The van der Waals surface area contributed by atoms with E-state index in [0.717, 1.165) is 25.7 Å². The van der Waals surface area contributed by atoms with E-state index in [1.807, 2.05) is 0 Å². The third-order valence-corrected chi connectivity index (χ3v) is 14.6. The third kappa shape index (κ3) is 5.34. The molecule has 8 heteroatoms. The van der Waals surface area contributed by atoms with Gasteiger partial charge >= 0.3 is 0 Å². The molecule has 0 unspecified atom stereocenters. The highest BCUT2D eigenvalue weighted by molar-refractivity contribution is 5.21. The molecule has 0 bridgehead atoms. The topological polar surface area (TPSA) is 140 Å². The highest BCUT2D eigenvalue weighted by atomic mass is 16.7. The van der Waals surface area contributed by atoms with Gasteiger partial charge in [0.25, 0.3) is 0 Å². The van der Waals surface area contributed by atoms with Gasteiger partial charge < -0.3 is 40.1 Å². The lowest BCUT2D eigenvalue weighted by Crippen LogP contribution is -2.70. The Balaban J connectivity index is 1.51. The molecule has 4 aliphatic carbocycles. The normalized spacial score (nSPS) is 52.7. The molecule has 6 N–H and O–H groups in total. The number of rotatable bonds is 8. The molecule has 0 spiro atoms. The molecule has 0 aromatic rings. The Hall–Kier alpha value is -0.320. The van der Waals surface area contributed by atoms with E-state index in [1.165, 1.54) is 19.3 Å². The second kappa shape index (κ2) is 12.3. The van der Waals surface area contributed by atoms with Crippen molar-refractivity contribution >= 4 is 0 Å². The van der Waals surface area contributed by atoms with Crippen LogP contribution in [0, 0.1) is 57.2 Å². The lowest BCUT2D eigenvalue weighted by Gasteiger charge is -2.72. The zero-order valence-electron chi connectivity index (χ0n) is 28.7. The average molecular weight is 625 g/mol. The predicted molar refractivity (Wildman–Crippen MR) is 168 cm³/mol. The zero-order chi connectivity index (χ0) is 32.6. The summed E-state index contributed by atoms with van der Waals surface area (Å²) >= 11 is 0. The minimum absolute atomic E-state index is 0.0938. The van der Waals surface area contributed by atoms with E-state index >= 15 is 0 Å². The van der Waals surface area contributed by atoms with Crippen LogP contribution in [-0.4, -0.2) is 86.3 Å². The molecule has 256 valence electrons. The second-order valence-corrected chi connectivity index (χ2v) is 17.7. The van der Waals surface area contributed by atoms with Crippen LogP contribution < -0.4 is 0 Å². The van der Waals surface area contributed by atoms with Gasteiger partial charge in [-0.25, -0.2) is 0 Å². The maximum absolute atomic E-state index is 12.1. The molecular formula is C36H64O8. The van der Waals surface area contributed by atoms with Crippen LogP contribution in [0.4, 0.5) is 0 Å². The van der Waals surface area contributed by atoms with Crippen LogP contribution in [0.3, 0.4) is 0 Å². The van der Waals surface area contributed by atoms with Gasteiger partial charge in [-0.3, -0.25) is 0 Å². The second-order valence-electron chi connectivity index (χ2n) is 17.7. The van der Waals surface area contributed by atoms with Crippen molar-refractivity contribution in [2.75, 3.05) is 6.61 Å². The molecule has 16 atom stereocenters. The van der Waals surface area contributed by atoms with Crippen molar-refractivity contribution in [3.05, 3.63) is 0 Å². The first-order chi connectivity index (χ1) is 20.4. The largest absolute Gasteiger partial charge is 0.394 e. The van der Waals surface area contributed by atoms with Gasteiger partial charge in [0.05, 0.1) is 24.9 Å². The van der Waals surface area contributed by atoms with Crippen LogP contribution in [0.15, 0.2) is 0 Å². The molecule has 1 saturated heterocycles. The summed E-state index contributed by atoms with van der Waals surface area (Å²) in [5.74, 6) is 2.06. The number of hydrogen-bond donors (Lipinski definition) is 6. The van der Waals surface area contributed by atoms with Crippen molar-refractivity contribution in [3.8, 4) is 0 Å². The van der Waals surface area contributed by atoms with Crippen molar-refractivity contribution in [3.63, 3.8) is 0 Å². The van der Waals surface area contributed by atoms with E-state index in [4.69, 9.17) is 9.47 Å². The summed E-state index contributed by atoms with van der Waals surface area (Å²) in [5, 5.41) is 65.3. The van der Waals surface area contributed by atoms with Gasteiger partial charge in [-0.05, 0) is 95.7 Å². The lowest BCUT2D eigenvalue weighted by molar-refractivity contribution is -0.346. The monoisotopic (exact) mass is 624 g/mol. The van der Waals surface area contributed by atoms with Crippen molar-refractivity contribution in [2.24, 2.45) is 57.2 Å². The quantitative estimate of drug-likeness (QED) is 0.220. The van der Waals surface area contributed by atoms with Gasteiger partial charge in [-0.2, -0.15) is 0 Å². The van der Waals surface area contributed by atoms with Crippen LogP contribution in [-0.2, 0) is 9.47 Å². The summed E-state index contributed by atoms with van der Waals surface area (Å²) in [7, 11) is 0. The summed E-state index contributed by atoms with van der Waals surface area (Å²) in [6.07, 6.45) is 0.796. The fourth-order valence-electron chi connectivity index (χ4n) is 12.1. The van der Waals surface area contributed by atoms with Crippen LogP contribution in [0.25, 0.3) is 0 Å². The Morgan fingerprint density at radius 3 is 2.16 bits per heavy atom. The Morgan fingerprint density at radius 2 is 1.52 bits per heavy atom. The summed E-state index contributed by atoms with van der Waals surface area (Å²) in [6.45, 7) is 17.9. The summed E-state index contributed by atoms with van der Waals surface area (Å²) in [4.78, 5) is 0. The summed E-state index contributed by atoms with van der Waals surface area (Å²) in [6, 6.07) is 0. The molecule has 1 heterocycles. The van der Waals surface area contributed by atoms with E-state index in [0.29, 0.717) is 30.6 Å². The van der Waals surface area contributed by atoms with Gasteiger partial charge in [0, 0.05) is 0 Å². The van der Waals surface area contributed by atoms with Crippen molar-refractivity contribution < 1.29 is 40.1 Å². The fraction of sp³-hybridized carbons (Fsp3) is 1.00. The highest BCUT2D eigenvalue weighted by Gasteiger charge is 2.73. The maximum atomic E-state index is 12.1. The molecule has 0 radical (unpaired) electrons. The standard InChI is InChI=1S/C36H64O8/c1-19(2)10-9-11-20(3)21-12-15-35(7)27(21)22(38)16-25-34(6)14-13-26(39)33(4,5)31(34)23(17-36(25,35)8)43-32-30(42)29(41)28(40)24(18-37)44-32/h19-32,37-42H,9-18H2,1-8H3/t20-,21-,22-,23+,24-,25-,26+,27+,28-,29+,30-,31+,32-,34-,35-,36-/m1/s1. The third-order valence-electron chi connectivity index (χ3n) is 14.6. The molecule has 5 rings (SSSR count). The van der Waals surface area contributed by atoms with Crippen LogP contribution in [0.1, 0.15) is 113 Å². The van der Waals surface area contributed by atoms with E-state index in [2.05, 4.69) is 55.4 Å². The first-order valence-electron chi connectivity index (χ1n) is 17.8. The summed E-state index contributed by atoms with van der Waals surface area (Å²) < 4.78 is 12.7. The Labute approximate surface area is 265 Å². The first kappa shape index (κ1) is 35.0. The fourth-order valence-corrected chi connectivity index (χ4v) is 12.1. The number of ether oxygens (including phenoxy) is 2. The zero-order valence-corrected chi connectivity index (χ0v) is 28.7. The van der Waals surface area contributed by atoms with Crippen LogP contribution in [0.5, 0.6) is 0 Å². The molecular weight excluding hydrogens is 560 g/mol. The molecule has 1 aliphatic heterocycles. The SMILES string of the molecule is CC(C)CCC[C@@H](C)[C@H]1CC[C@]2(C)[C@@H]1[C@H](O)C[C@@H]1[C@@]3(C)CC[C@H](O)C(C)(C)[C@@H]3[C@@H](O[C@@H]3O[C@H](CO)[C@@H](O)[C@H](O)[C@H]3O)C[C@]12C. The van der Waals surface area contributed by atoms with Crippen molar-refractivity contribution in [1.82, 2.24) is 0 Å². The highest BCUT2D eigenvalue weighted by Crippen LogP contribution is 2.76. The molecule has 4 saturated carbocycles. The number of aliphatic hydroxyl groups excluding tert-OH is 6. The lowest BCUT2D eigenvalue weighted by atomic mass is 9.34. The molecule has 0 amide bonds. The Bertz CT molecular complexity index is 1000. The van der Waals surface area contributed by atoms with Crippen molar-refractivity contribution in [1.29, 1.82) is 0 Å².